The van der Waals surface area contributed by atoms with Crippen molar-refractivity contribution in [2.24, 2.45) is 17.6 Å². The molecule has 4 nitrogen and oxygen atoms in total. The number of ether oxygens (including phenoxy) is 2. The highest BCUT2D eigenvalue weighted by Crippen LogP contribution is 2.23. The van der Waals surface area contributed by atoms with Crippen molar-refractivity contribution in [3.63, 3.8) is 0 Å². The van der Waals surface area contributed by atoms with E-state index in [-0.39, 0.29) is 17.9 Å². The molecular formula is C10H17NO3. The first-order valence-corrected chi connectivity index (χ1v) is 5.24. The lowest BCUT2D eigenvalue weighted by Crippen LogP contribution is -2.38. The van der Waals surface area contributed by atoms with Crippen LogP contribution in [0.25, 0.3) is 0 Å². The monoisotopic (exact) mass is 199 g/mol. The van der Waals surface area contributed by atoms with Crippen LogP contribution in [0, 0.1) is 11.8 Å². The van der Waals surface area contributed by atoms with E-state index in [1.807, 2.05) is 0 Å². The highest BCUT2D eigenvalue weighted by atomic mass is 16.5. The lowest BCUT2D eigenvalue weighted by molar-refractivity contribution is -0.129. The van der Waals surface area contributed by atoms with E-state index in [0.717, 1.165) is 12.8 Å². The molecule has 4 heteroatoms. The van der Waals surface area contributed by atoms with Crippen LogP contribution in [0.1, 0.15) is 12.8 Å². The maximum absolute atomic E-state index is 12.0. The third-order valence-electron chi connectivity index (χ3n) is 3.11. The third kappa shape index (κ3) is 1.97. The fraction of sp³-hybridized carbons (Fsp3) is 0.900. The van der Waals surface area contributed by atoms with Gasteiger partial charge in [0.25, 0.3) is 0 Å². The Morgan fingerprint density at radius 3 is 2.43 bits per heavy atom. The van der Waals surface area contributed by atoms with Gasteiger partial charge in [0.05, 0.1) is 19.1 Å². The molecule has 2 fully saturated rings. The Bertz CT molecular complexity index is 213. The summed E-state index contributed by atoms with van der Waals surface area (Å²) in [7, 11) is 0. The molecule has 0 radical (unpaired) electrons. The summed E-state index contributed by atoms with van der Waals surface area (Å²) in [4.78, 5) is 12.0. The Hall–Kier alpha value is -0.450. The summed E-state index contributed by atoms with van der Waals surface area (Å²) in [6, 6.07) is -0.0923. The van der Waals surface area contributed by atoms with Crippen molar-refractivity contribution in [3.8, 4) is 0 Å². The molecule has 0 aromatic rings. The summed E-state index contributed by atoms with van der Waals surface area (Å²) in [5.41, 5.74) is 5.81. The zero-order chi connectivity index (χ0) is 9.97. The van der Waals surface area contributed by atoms with E-state index in [1.54, 1.807) is 0 Å². The van der Waals surface area contributed by atoms with Crippen LogP contribution in [-0.4, -0.2) is 38.3 Å². The van der Waals surface area contributed by atoms with E-state index in [1.165, 1.54) is 0 Å². The van der Waals surface area contributed by atoms with E-state index in [0.29, 0.717) is 32.2 Å². The minimum Gasteiger partial charge on any atom is -0.381 e. The summed E-state index contributed by atoms with van der Waals surface area (Å²) in [6.07, 6.45) is 1.70. The van der Waals surface area contributed by atoms with Crippen molar-refractivity contribution < 1.29 is 14.3 Å². The highest BCUT2D eigenvalue weighted by Gasteiger charge is 2.35. The van der Waals surface area contributed by atoms with Gasteiger partial charge in [-0.25, -0.2) is 0 Å². The van der Waals surface area contributed by atoms with Crippen LogP contribution < -0.4 is 5.73 Å². The van der Waals surface area contributed by atoms with Crippen LogP contribution >= 0.6 is 0 Å². The molecule has 0 aromatic carbocycles. The number of carbonyl (C=O) groups excluding carboxylic acids is 1. The number of hydrogen-bond donors (Lipinski definition) is 1. The molecule has 2 unspecified atom stereocenters. The molecule has 2 N–H and O–H groups in total. The molecule has 0 saturated carbocycles. The van der Waals surface area contributed by atoms with E-state index in [9.17, 15) is 4.79 Å². The van der Waals surface area contributed by atoms with E-state index in [2.05, 4.69) is 0 Å². The number of rotatable bonds is 2. The van der Waals surface area contributed by atoms with Crippen molar-refractivity contribution in [1.29, 1.82) is 0 Å². The van der Waals surface area contributed by atoms with Gasteiger partial charge >= 0.3 is 0 Å². The number of ketones is 1. The minimum absolute atomic E-state index is 0.0712. The first-order valence-electron chi connectivity index (χ1n) is 5.24. The van der Waals surface area contributed by atoms with Gasteiger partial charge in [-0.3, -0.25) is 4.79 Å². The first-order chi connectivity index (χ1) is 6.79. The molecule has 80 valence electrons. The summed E-state index contributed by atoms with van der Waals surface area (Å²) in [5.74, 6) is 0.373. The van der Waals surface area contributed by atoms with Gasteiger partial charge in [-0.05, 0) is 12.8 Å². The Kier molecular flexibility index (Phi) is 3.15. The number of Topliss-reactive ketones (excluding diaryl/α,β-unsaturated/α-hetero) is 1. The van der Waals surface area contributed by atoms with Gasteiger partial charge in [-0.15, -0.1) is 0 Å². The largest absolute Gasteiger partial charge is 0.381 e. The van der Waals surface area contributed by atoms with Gasteiger partial charge in [0.2, 0.25) is 0 Å². The Balaban J connectivity index is 1.92. The van der Waals surface area contributed by atoms with Gasteiger partial charge in [-0.1, -0.05) is 0 Å². The molecule has 14 heavy (non-hydrogen) atoms. The summed E-state index contributed by atoms with van der Waals surface area (Å²) in [5, 5.41) is 0. The second-order valence-electron chi connectivity index (χ2n) is 4.10. The predicted octanol–water partition coefficient (Wildman–Crippen LogP) is -0.0442. The molecule has 2 heterocycles. The lowest BCUT2D eigenvalue weighted by Gasteiger charge is -2.24. The molecule has 0 amide bonds. The van der Waals surface area contributed by atoms with E-state index < -0.39 is 0 Å². The molecule has 0 aliphatic carbocycles. The molecule has 0 aromatic heterocycles. The molecule has 2 rings (SSSR count). The average Bonchev–Trinajstić information content (AvgIpc) is 2.65. The van der Waals surface area contributed by atoms with Gasteiger partial charge in [-0.2, -0.15) is 0 Å². The van der Waals surface area contributed by atoms with Crippen molar-refractivity contribution in [2.45, 2.75) is 18.9 Å². The van der Waals surface area contributed by atoms with Crippen molar-refractivity contribution >= 4 is 5.78 Å². The standard InChI is InChI=1S/C10H17NO3/c11-9-6-14-5-8(9)10(12)7-1-3-13-4-2-7/h7-9H,1-6,11H2. The second kappa shape index (κ2) is 4.38. The third-order valence-corrected chi connectivity index (χ3v) is 3.11. The zero-order valence-corrected chi connectivity index (χ0v) is 8.28. The van der Waals surface area contributed by atoms with Crippen molar-refractivity contribution in [1.82, 2.24) is 0 Å². The number of nitrogens with two attached hydrogens (primary N) is 1. The lowest BCUT2D eigenvalue weighted by atomic mass is 9.85. The summed E-state index contributed by atoms with van der Waals surface area (Å²) < 4.78 is 10.4. The van der Waals surface area contributed by atoms with Crippen molar-refractivity contribution in [3.05, 3.63) is 0 Å². The van der Waals surface area contributed by atoms with Crippen LogP contribution in [0.15, 0.2) is 0 Å². The van der Waals surface area contributed by atoms with Gasteiger partial charge < -0.3 is 15.2 Å². The summed E-state index contributed by atoms with van der Waals surface area (Å²) >= 11 is 0. The molecule has 2 aliphatic heterocycles. The first kappa shape index (κ1) is 10.1. The zero-order valence-electron chi connectivity index (χ0n) is 8.28. The molecule has 2 atom stereocenters. The van der Waals surface area contributed by atoms with Gasteiger partial charge in [0, 0.05) is 25.2 Å². The Morgan fingerprint density at radius 1 is 1.14 bits per heavy atom. The van der Waals surface area contributed by atoms with Crippen LogP contribution in [0.4, 0.5) is 0 Å². The normalized spacial score (nSPS) is 34.6. The SMILES string of the molecule is NC1COCC1C(=O)C1CCOCC1. The van der Waals surface area contributed by atoms with E-state index >= 15 is 0 Å². The predicted molar refractivity (Wildman–Crippen MR) is 50.8 cm³/mol. The quantitative estimate of drug-likeness (QED) is 0.677. The number of hydrogen-bond acceptors (Lipinski definition) is 4. The molecule has 2 saturated heterocycles. The fourth-order valence-corrected chi connectivity index (χ4v) is 2.15. The van der Waals surface area contributed by atoms with E-state index in [4.69, 9.17) is 15.2 Å². The van der Waals surface area contributed by atoms with Crippen LogP contribution in [0.3, 0.4) is 0 Å². The molecule has 0 bridgehead atoms. The average molecular weight is 199 g/mol. The fourth-order valence-electron chi connectivity index (χ4n) is 2.15. The second-order valence-corrected chi connectivity index (χ2v) is 4.10. The van der Waals surface area contributed by atoms with Gasteiger partial charge in [0.1, 0.15) is 5.78 Å². The Morgan fingerprint density at radius 2 is 1.86 bits per heavy atom. The maximum Gasteiger partial charge on any atom is 0.143 e. The highest BCUT2D eigenvalue weighted by molar-refractivity contribution is 5.84. The van der Waals surface area contributed by atoms with Crippen LogP contribution in [0.2, 0.25) is 0 Å². The maximum atomic E-state index is 12.0. The smallest absolute Gasteiger partial charge is 0.143 e. The number of carbonyl (C=O) groups is 1. The Labute approximate surface area is 83.7 Å². The van der Waals surface area contributed by atoms with Gasteiger partial charge in [0.15, 0.2) is 0 Å². The van der Waals surface area contributed by atoms with Crippen molar-refractivity contribution in [2.75, 3.05) is 26.4 Å². The summed E-state index contributed by atoms with van der Waals surface area (Å²) in [6.45, 7) is 2.45. The molecular weight excluding hydrogens is 182 g/mol. The van der Waals surface area contributed by atoms with Crippen LogP contribution in [0.5, 0.6) is 0 Å². The minimum atomic E-state index is -0.0923. The topological polar surface area (TPSA) is 61.5 Å². The molecule has 0 spiro atoms. The molecule has 2 aliphatic rings. The van der Waals surface area contributed by atoms with Crippen LogP contribution in [-0.2, 0) is 14.3 Å².